The summed E-state index contributed by atoms with van der Waals surface area (Å²) in [6.45, 7) is 4.16. The van der Waals surface area contributed by atoms with Crippen LogP contribution in [0.5, 0.6) is 0 Å². The molecule has 0 radical (unpaired) electrons. The zero-order chi connectivity index (χ0) is 26.0. The van der Waals surface area contributed by atoms with Gasteiger partial charge in [-0.15, -0.1) is 0 Å². The monoisotopic (exact) mass is 505 g/mol. The van der Waals surface area contributed by atoms with Crippen molar-refractivity contribution in [3.05, 3.63) is 24.3 Å². The van der Waals surface area contributed by atoms with Gasteiger partial charge >= 0.3 is 5.97 Å². The summed E-state index contributed by atoms with van der Waals surface area (Å²) in [6.07, 6.45) is 15.5. The molecule has 0 aromatic heterocycles. The SMILES string of the molecule is CCCC1(C(O)C/C=C/[C@H]2[C@H](O)CC(=O)[C@@H]2C/C=C\CCCC(=O)OC[C@@H]2CNC[C@H]2CO)CCC1. The maximum absolute atomic E-state index is 12.5. The molecule has 3 rings (SSSR count). The number of carbonyl (C=O) groups is 2. The topological polar surface area (TPSA) is 116 Å². The van der Waals surface area contributed by atoms with Crippen molar-refractivity contribution < 1.29 is 29.6 Å². The molecule has 7 nitrogen and oxygen atoms in total. The molecule has 7 heteroatoms. The van der Waals surface area contributed by atoms with Crippen LogP contribution in [0.25, 0.3) is 0 Å². The van der Waals surface area contributed by atoms with Crippen LogP contribution in [-0.2, 0) is 14.3 Å². The lowest BCUT2D eigenvalue weighted by molar-refractivity contribution is -0.145. The Labute approximate surface area is 216 Å². The van der Waals surface area contributed by atoms with Gasteiger partial charge in [-0.05, 0) is 50.4 Å². The highest BCUT2D eigenvalue weighted by atomic mass is 16.5. The van der Waals surface area contributed by atoms with E-state index >= 15 is 0 Å². The third-order valence-electron chi connectivity index (χ3n) is 8.74. The number of ketones is 1. The number of unbranched alkanes of at least 4 members (excludes halogenated alkanes) is 1. The van der Waals surface area contributed by atoms with Gasteiger partial charge in [0.1, 0.15) is 5.78 Å². The smallest absolute Gasteiger partial charge is 0.305 e. The Morgan fingerprint density at radius 2 is 2.00 bits per heavy atom. The number of esters is 1. The number of rotatable bonds is 15. The molecule has 2 saturated carbocycles. The predicted octanol–water partition coefficient (Wildman–Crippen LogP) is 3.32. The summed E-state index contributed by atoms with van der Waals surface area (Å²) >= 11 is 0. The highest BCUT2D eigenvalue weighted by Gasteiger charge is 2.42. The van der Waals surface area contributed by atoms with E-state index in [1.165, 1.54) is 6.42 Å². The fourth-order valence-electron chi connectivity index (χ4n) is 6.21. The molecule has 0 aromatic carbocycles. The van der Waals surface area contributed by atoms with Crippen LogP contribution in [0.4, 0.5) is 0 Å². The fourth-order valence-corrected chi connectivity index (χ4v) is 6.21. The van der Waals surface area contributed by atoms with E-state index in [-0.39, 0.29) is 60.0 Å². The minimum Gasteiger partial charge on any atom is -0.465 e. The average Bonchev–Trinajstić information content (AvgIpc) is 3.40. The molecule has 1 heterocycles. The Balaban J connectivity index is 1.36. The molecule has 1 unspecified atom stereocenters. The van der Waals surface area contributed by atoms with Gasteiger partial charge in [-0.1, -0.05) is 44.1 Å². The van der Waals surface area contributed by atoms with Gasteiger partial charge in [-0.2, -0.15) is 0 Å². The number of nitrogens with one attached hydrogen (secondary N) is 1. The molecule has 0 aromatic rings. The molecule has 1 aliphatic heterocycles. The molecular weight excluding hydrogens is 458 g/mol. The van der Waals surface area contributed by atoms with E-state index in [9.17, 15) is 24.9 Å². The number of hydrogen-bond acceptors (Lipinski definition) is 7. The Hall–Kier alpha value is -1.54. The zero-order valence-corrected chi connectivity index (χ0v) is 21.9. The second-order valence-corrected chi connectivity index (χ2v) is 11.2. The van der Waals surface area contributed by atoms with Crippen molar-refractivity contribution in [2.24, 2.45) is 29.1 Å². The second kappa shape index (κ2) is 14.4. The maximum atomic E-state index is 12.5. The van der Waals surface area contributed by atoms with Gasteiger partial charge in [0.25, 0.3) is 0 Å². The molecule has 1 saturated heterocycles. The largest absolute Gasteiger partial charge is 0.465 e. The van der Waals surface area contributed by atoms with Crippen LogP contribution >= 0.6 is 0 Å². The molecule has 0 spiro atoms. The first kappa shape index (κ1) is 29.0. The summed E-state index contributed by atoms with van der Waals surface area (Å²) in [6, 6.07) is 0. The second-order valence-electron chi connectivity index (χ2n) is 11.2. The van der Waals surface area contributed by atoms with Gasteiger partial charge in [0.05, 0.1) is 18.8 Å². The summed E-state index contributed by atoms with van der Waals surface area (Å²) in [7, 11) is 0. The van der Waals surface area contributed by atoms with Gasteiger partial charge < -0.3 is 25.4 Å². The van der Waals surface area contributed by atoms with Crippen LogP contribution in [0.2, 0.25) is 0 Å². The van der Waals surface area contributed by atoms with Crippen molar-refractivity contribution in [3.8, 4) is 0 Å². The quantitative estimate of drug-likeness (QED) is 0.153. The predicted molar refractivity (Wildman–Crippen MR) is 139 cm³/mol. The van der Waals surface area contributed by atoms with E-state index in [0.717, 1.165) is 45.2 Å². The third kappa shape index (κ3) is 7.73. The Kier molecular flexibility index (Phi) is 11.6. The van der Waals surface area contributed by atoms with Crippen LogP contribution in [0.1, 0.15) is 77.6 Å². The maximum Gasteiger partial charge on any atom is 0.305 e. The van der Waals surface area contributed by atoms with Gasteiger partial charge in [0, 0.05) is 56.2 Å². The van der Waals surface area contributed by atoms with Crippen LogP contribution in [0.15, 0.2) is 24.3 Å². The zero-order valence-electron chi connectivity index (χ0n) is 21.9. The lowest BCUT2D eigenvalue weighted by Gasteiger charge is -2.45. The number of carbonyl (C=O) groups excluding carboxylic acids is 2. The summed E-state index contributed by atoms with van der Waals surface area (Å²) in [4.78, 5) is 24.5. The molecule has 0 bridgehead atoms. The highest BCUT2D eigenvalue weighted by Crippen LogP contribution is 2.48. The minimum absolute atomic E-state index is 0.0628. The molecule has 3 fully saturated rings. The lowest BCUT2D eigenvalue weighted by Crippen LogP contribution is -2.41. The number of Topliss-reactive ketones (excluding diaryl/α,β-unsaturated/α-hetero) is 1. The molecule has 4 N–H and O–H groups in total. The van der Waals surface area contributed by atoms with E-state index in [1.807, 2.05) is 24.3 Å². The molecule has 2 aliphatic carbocycles. The summed E-state index contributed by atoms with van der Waals surface area (Å²) in [5.74, 6) is -0.227. The van der Waals surface area contributed by atoms with Crippen LogP contribution in [0, 0.1) is 29.1 Å². The molecule has 36 heavy (non-hydrogen) atoms. The average molecular weight is 506 g/mol. The molecule has 6 atom stereocenters. The number of aliphatic hydroxyl groups excluding tert-OH is 3. The van der Waals surface area contributed by atoms with E-state index < -0.39 is 6.10 Å². The first-order valence-electron chi connectivity index (χ1n) is 14.1. The van der Waals surface area contributed by atoms with Crippen LogP contribution < -0.4 is 5.32 Å². The van der Waals surface area contributed by atoms with Crippen LogP contribution in [0.3, 0.4) is 0 Å². The van der Waals surface area contributed by atoms with Crippen LogP contribution in [-0.4, -0.2) is 65.6 Å². The summed E-state index contributed by atoms with van der Waals surface area (Å²) in [5.41, 5.74) is 0.0628. The van der Waals surface area contributed by atoms with Crippen molar-refractivity contribution in [1.82, 2.24) is 5.32 Å². The van der Waals surface area contributed by atoms with Gasteiger partial charge in [0.2, 0.25) is 0 Å². The third-order valence-corrected chi connectivity index (χ3v) is 8.74. The first-order chi connectivity index (χ1) is 17.4. The summed E-state index contributed by atoms with van der Waals surface area (Å²) < 4.78 is 5.37. The Morgan fingerprint density at radius 3 is 2.69 bits per heavy atom. The standard InChI is InChI=1S/C29H47NO6/c1-2-13-29(14-8-15-29)27(34)11-7-10-24-23(25(32)16-26(24)33)9-5-3-4-6-12-28(35)36-20-22-18-30-17-21(22)19-31/h3,5,7,10,21-24,26-27,30-31,33-34H,2,4,6,8-9,11-20H2,1H3/b5-3-,10-7+/t21-,22-,23+,24+,26+,27?/m0/s1. The molecule has 3 aliphatic rings. The molecule has 0 amide bonds. The lowest BCUT2D eigenvalue weighted by atomic mass is 9.62. The number of hydrogen-bond donors (Lipinski definition) is 4. The van der Waals surface area contributed by atoms with Crippen molar-refractivity contribution >= 4 is 11.8 Å². The van der Waals surface area contributed by atoms with Gasteiger partial charge in [0.15, 0.2) is 0 Å². The van der Waals surface area contributed by atoms with E-state index in [1.54, 1.807) is 0 Å². The highest BCUT2D eigenvalue weighted by molar-refractivity contribution is 5.84. The van der Waals surface area contributed by atoms with Gasteiger partial charge in [-0.25, -0.2) is 0 Å². The molecule has 204 valence electrons. The number of ether oxygens (including phenoxy) is 1. The van der Waals surface area contributed by atoms with E-state index in [0.29, 0.717) is 32.3 Å². The van der Waals surface area contributed by atoms with Crippen molar-refractivity contribution in [2.75, 3.05) is 26.3 Å². The Bertz CT molecular complexity index is 761. The van der Waals surface area contributed by atoms with E-state index in [2.05, 4.69) is 12.2 Å². The Morgan fingerprint density at radius 1 is 1.22 bits per heavy atom. The van der Waals surface area contributed by atoms with Crippen molar-refractivity contribution in [1.29, 1.82) is 0 Å². The van der Waals surface area contributed by atoms with Gasteiger partial charge in [-0.3, -0.25) is 9.59 Å². The number of allylic oxidation sites excluding steroid dienone is 2. The molecular formula is C29H47NO6. The minimum atomic E-state index is -0.659. The van der Waals surface area contributed by atoms with Crippen molar-refractivity contribution in [3.63, 3.8) is 0 Å². The first-order valence-corrected chi connectivity index (χ1v) is 14.1. The fraction of sp³-hybridized carbons (Fsp3) is 0.793. The van der Waals surface area contributed by atoms with E-state index in [4.69, 9.17) is 4.74 Å². The van der Waals surface area contributed by atoms with Crippen molar-refractivity contribution in [2.45, 2.75) is 89.8 Å². The number of aliphatic hydroxyl groups is 3. The normalized spacial score (nSPS) is 30.8. The summed E-state index contributed by atoms with van der Waals surface area (Å²) in [5, 5.41) is 33.7.